The summed E-state index contributed by atoms with van der Waals surface area (Å²) in [6, 6.07) is 0. The third kappa shape index (κ3) is 11.1. The fraction of sp³-hybridized carbons (Fsp3) is 1.00. The number of hydrogen-bond acceptors (Lipinski definition) is 3. The van der Waals surface area contributed by atoms with E-state index in [1.807, 2.05) is 0 Å². The van der Waals surface area contributed by atoms with E-state index in [2.05, 4.69) is 12.6 Å². The van der Waals surface area contributed by atoms with E-state index in [0.29, 0.717) is 0 Å². The number of hydrogen-bond donors (Lipinski definition) is 2. The summed E-state index contributed by atoms with van der Waals surface area (Å²) in [5.74, 6) is 0. The molecule has 0 aliphatic rings. The van der Waals surface area contributed by atoms with E-state index in [1.165, 1.54) is 0 Å². The average molecular weight is 152 g/mol. The number of thiol groups is 1. The van der Waals surface area contributed by atoms with Crippen molar-refractivity contribution in [2.75, 3.05) is 5.08 Å². The summed E-state index contributed by atoms with van der Waals surface area (Å²) in [7, 11) is -3.80. The van der Waals surface area contributed by atoms with Gasteiger partial charge in [-0.05, 0) is 0 Å². The third-order valence-corrected chi connectivity index (χ3v) is 1.47. The second kappa shape index (κ2) is 4.17. The van der Waals surface area contributed by atoms with Crippen molar-refractivity contribution < 1.29 is 44.0 Å². The molecule has 6 heteroatoms. The molecule has 0 bridgehead atoms. The molecule has 0 aromatic heterocycles. The standard InChI is InChI=1S/CH4O3S2.Na.H/c2-6(3,4)1-5;;/h5H,1H2,(H,2,3,4);;/q;+1;-1. The molecule has 0 spiro atoms. The van der Waals surface area contributed by atoms with Gasteiger partial charge >= 0.3 is 29.6 Å². The van der Waals surface area contributed by atoms with E-state index in [0.717, 1.165) is 0 Å². The minimum Gasteiger partial charge on any atom is -1.00 e. The first kappa shape index (κ1) is 11.1. The zero-order chi connectivity index (χ0) is 5.21. The van der Waals surface area contributed by atoms with Gasteiger partial charge in [0.1, 0.15) is 5.08 Å². The molecule has 0 aromatic carbocycles. The van der Waals surface area contributed by atoms with Crippen molar-refractivity contribution in [1.82, 2.24) is 0 Å². The molecule has 0 heterocycles. The van der Waals surface area contributed by atoms with Gasteiger partial charge in [0.05, 0.1) is 0 Å². The predicted octanol–water partition coefficient (Wildman–Crippen LogP) is -3.12. The van der Waals surface area contributed by atoms with Crippen LogP contribution in [0.5, 0.6) is 0 Å². The largest absolute Gasteiger partial charge is 1.00 e. The molecule has 0 saturated heterocycles. The SMILES string of the molecule is O=S(=O)(O)CS.[H-].[Na+]. The van der Waals surface area contributed by atoms with E-state index in [-0.39, 0.29) is 31.0 Å². The summed E-state index contributed by atoms with van der Waals surface area (Å²) in [5.41, 5.74) is 0. The maximum atomic E-state index is 9.48. The van der Waals surface area contributed by atoms with Crippen LogP contribution in [0.25, 0.3) is 0 Å². The van der Waals surface area contributed by atoms with Crippen LogP contribution in [0.2, 0.25) is 0 Å². The molecular formula is CH5NaO3S2. The summed E-state index contributed by atoms with van der Waals surface area (Å²) in [6.07, 6.45) is 0. The Balaban J connectivity index is -0.000000125. The van der Waals surface area contributed by atoms with Gasteiger partial charge in [-0.1, -0.05) is 0 Å². The van der Waals surface area contributed by atoms with E-state index in [4.69, 9.17) is 4.55 Å². The zero-order valence-electron chi connectivity index (χ0n) is 4.83. The van der Waals surface area contributed by atoms with Crippen LogP contribution in [0.3, 0.4) is 0 Å². The van der Waals surface area contributed by atoms with Crippen LogP contribution in [-0.2, 0) is 10.1 Å². The monoisotopic (exact) mass is 152 g/mol. The third-order valence-electron chi connectivity index (χ3n) is 0.163. The summed E-state index contributed by atoms with van der Waals surface area (Å²) >= 11 is 3.26. The Morgan fingerprint density at radius 2 is 1.86 bits per heavy atom. The molecule has 0 atom stereocenters. The van der Waals surface area contributed by atoms with Crippen LogP contribution in [0.15, 0.2) is 0 Å². The molecule has 0 radical (unpaired) electrons. The van der Waals surface area contributed by atoms with Crippen LogP contribution in [0.1, 0.15) is 1.43 Å². The van der Waals surface area contributed by atoms with E-state index >= 15 is 0 Å². The van der Waals surface area contributed by atoms with Gasteiger partial charge in [-0.2, -0.15) is 21.0 Å². The molecule has 7 heavy (non-hydrogen) atoms. The zero-order valence-corrected chi connectivity index (χ0v) is 7.54. The topological polar surface area (TPSA) is 54.4 Å². The summed E-state index contributed by atoms with van der Waals surface area (Å²) in [4.78, 5) is 0. The Morgan fingerprint density at radius 1 is 1.71 bits per heavy atom. The number of rotatable bonds is 1. The van der Waals surface area contributed by atoms with Gasteiger partial charge in [0.15, 0.2) is 0 Å². The Kier molecular flexibility index (Phi) is 6.62. The molecule has 40 valence electrons. The van der Waals surface area contributed by atoms with Gasteiger partial charge in [0.2, 0.25) is 0 Å². The van der Waals surface area contributed by atoms with Crippen LogP contribution < -0.4 is 29.6 Å². The summed E-state index contributed by atoms with van der Waals surface area (Å²) in [6.45, 7) is 0. The molecule has 0 unspecified atom stereocenters. The van der Waals surface area contributed by atoms with Crippen molar-refractivity contribution in [2.24, 2.45) is 0 Å². The molecule has 0 saturated carbocycles. The second-order valence-electron chi connectivity index (χ2n) is 0.711. The fourth-order valence-electron chi connectivity index (χ4n) is 0. The molecule has 1 N–H and O–H groups in total. The van der Waals surface area contributed by atoms with Crippen LogP contribution in [0.4, 0.5) is 0 Å². The Bertz CT molecular complexity index is 119. The van der Waals surface area contributed by atoms with E-state index < -0.39 is 15.2 Å². The average Bonchev–Trinajstić information content (AvgIpc) is 1.35. The smallest absolute Gasteiger partial charge is 1.00 e. The molecule has 3 nitrogen and oxygen atoms in total. The van der Waals surface area contributed by atoms with Gasteiger partial charge in [0.25, 0.3) is 10.1 Å². The van der Waals surface area contributed by atoms with E-state index in [1.54, 1.807) is 0 Å². The van der Waals surface area contributed by atoms with Gasteiger partial charge < -0.3 is 1.43 Å². The second-order valence-corrected chi connectivity index (χ2v) is 2.91. The molecule has 0 aromatic rings. The van der Waals surface area contributed by atoms with Crippen molar-refractivity contribution in [1.29, 1.82) is 0 Å². The first-order valence-electron chi connectivity index (χ1n) is 1.12. The molecule has 0 aliphatic carbocycles. The molecule has 0 fully saturated rings. The Labute approximate surface area is 71.4 Å². The summed E-state index contributed by atoms with van der Waals surface area (Å²) in [5, 5.41) is -0.507. The molecular weight excluding hydrogens is 147 g/mol. The van der Waals surface area contributed by atoms with Crippen molar-refractivity contribution in [2.45, 2.75) is 0 Å². The fourth-order valence-corrected chi connectivity index (χ4v) is 0. The summed E-state index contributed by atoms with van der Waals surface area (Å²) < 4.78 is 26.7. The first-order valence-corrected chi connectivity index (χ1v) is 3.36. The molecule has 0 aliphatic heterocycles. The Hall–Kier alpha value is 1.26. The van der Waals surface area contributed by atoms with Crippen molar-refractivity contribution in [3.8, 4) is 0 Å². The van der Waals surface area contributed by atoms with Gasteiger partial charge in [-0.15, -0.1) is 0 Å². The first-order chi connectivity index (χ1) is 2.56. The minimum absolute atomic E-state index is 0. The molecule has 0 amide bonds. The van der Waals surface area contributed by atoms with Crippen molar-refractivity contribution >= 4 is 22.7 Å². The maximum absolute atomic E-state index is 9.48. The predicted molar refractivity (Wildman–Crippen MR) is 26.5 cm³/mol. The van der Waals surface area contributed by atoms with Crippen LogP contribution >= 0.6 is 12.6 Å². The van der Waals surface area contributed by atoms with Gasteiger partial charge in [-0.25, -0.2) is 0 Å². The van der Waals surface area contributed by atoms with Gasteiger partial charge in [0, 0.05) is 0 Å². The molecule has 0 rings (SSSR count). The maximum Gasteiger partial charge on any atom is 1.00 e. The van der Waals surface area contributed by atoms with Crippen LogP contribution in [-0.4, -0.2) is 18.1 Å². The van der Waals surface area contributed by atoms with Crippen LogP contribution in [0, 0.1) is 0 Å². The van der Waals surface area contributed by atoms with Gasteiger partial charge in [-0.3, -0.25) is 4.55 Å². The normalized spacial score (nSPS) is 10.0. The van der Waals surface area contributed by atoms with Crippen molar-refractivity contribution in [3.05, 3.63) is 0 Å². The Morgan fingerprint density at radius 3 is 1.86 bits per heavy atom. The minimum atomic E-state index is -3.80. The quantitative estimate of drug-likeness (QED) is 0.237. The van der Waals surface area contributed by atoms with E-state index in [9.17, 15) is 8.42 Å². The van der Waals surface area contributed by atoms with Crippen molar-refractivity contribution in [3.63, 3.8) is 0 Å².